The first kappa shape index (κ1) is 17.5. The first-order valence-electron chi connectivity index (χ1n) is 7.92. The van der Waals surface area contributed by atoms with Gasteiger partial charge in [-0.15, -0.1) is 0 Å². The number of hydrogen-bond acceptors (Lipinski definition) is 4. The van der Waals surface area contributed by atoms with Crippen LogP contribution in [0.15, 0.2) is 42.5 Å². The van der Waals surface area contributed by atoms with E-state index in [1.54, 1.807) is 42.5 Å². The summed E-state index contributed by atoms with van der Waals surface area (Å²) in [6, 6.07) is 11.4. The van der Waals surface area contributed by atoms with Crippen LogP contribution in [0.2, 0.25) is 5.02 Å². The number of anilines is 1. The highest BCUT2D eigenvalue weighted by Gasteiger charge is 2.50. The fourth-order valence-corrected chi connectivity index (χ4v) is 3.29. The van der Waals surface area contributed by atoms with Crippen LogP contribution in [0.5, 0.6) is 5.75 Å². The number of aliphatic hydroxyl groups is 1. The van der Waals surface area contributed by atoms with Gasteiger partial charge < -0.3 is 14.7 Å². The van der Waals surface area contributed by atoms with Crippen LogP contribution in [0, 0.1) is 0 Å². The molecule has 1 amide bonds. The van der Waals surface area contributed by atoms with E-state index in [2.05, 4.69) is 0 Å². The van der Waals surface area contributed by atoms with Gasteiger partial charge in [0.1, 0.15) is 5.75 Å². The van der Waals surface area contributed by atoms with Crippen molar-refractivity contribution in [3.05, 3.63) is 58.6 Å². The smallest absolute Gasteiger partial charge is 0.264 e. The fourth-order valence-electron chi connectivity index (χ4n) is 3.12. The Morgan fingerprint density at radius 1 is 1.24 bits per heavy atom. The molecule has 0 radical (unpaired) electrons. The van der Waals surface area contributed by atoms with Crippen LogP contribution in [-0.2, 0) is 10.4 Å². The van der Waals surface area contributed by atoms with Crippen LogP contribution >= 0.6 is 11.6 Å². The Hall–Kier alpha value is -2.37. The van der Waals surface area contributed by atoms with E-state index < -0.39 is 11.5 Å². The Bertz CT molecular complexity index is 834. The molecule has 0 aromatic heterocycles. The number of fused-ring (bicyclic) bond motifs is 1. The predicted octanol–water partition coefficient (Wildman–Crippen LogP) is 3.18. The minimum absolute atomic E-state index is 0.331. The van der Waals surface area contributed by atoms with Crippen molar-refractivity contribution in [2.45, 2.75) is 18.9 Å². The van der Waals surface area contributed by atoms with Gasteiger partial charge in [0.25, 0.3) is 5.91 Å². The van der Waals surface area contributed by atoms with Gasteiger partial charge in [-0.1, -0.05) is 11.6 Å². The average molecular weight is 360 g/mol. The van der Waals surface area contributed by atoms with Gasteiger partial charge in [-0.2, -0.15) is 0 Å². The number of halogens is 1. The minimum Gasteiger partial charge on any atom is -0.497 e. The number of rotatable bonds is 5. The van der Waals surface area contributed by atoms with Crippen LogP contribution in [0.4, 0.5) is 5.69 Å². The second kappa shape index (κ2) is 6.50. The molecule has 1 heterocycles. The predicted molar refractivity (Wildman–Crippen MR) is 95.3 cm³/mol. The standard InChI is InChI=1S/C19H18ClNO4/c1-3-21-16-9-6-13(20)10-15(16)19(24,18(21)23)11-17(22)12-4-7-14(25-2)8-5-12/h4-10,24H,3,11H2,1-2H3/t19-/m1/s1. The first-order chi connectivity index (χ1) is 11.9. The van der Waals surface area contributed by atoms with Crippen molar-refractivity contribution in [3.63, 3.8) is 0 Å². The lowest BCUT2D eigenvalue weighted by Crippen LogP contribution is -2.41. The quantitative estimate of drug-likeness (QED) is 0.833. The number of benzene rings is 2. The van der Waals surface area contributed by atoms with Gasteiger partial charge in [0.2, 0.25) is 0 Å². The Morgan fingerprint density at radius 3 is 2.52 bits per heavy atom. The van der Waals surface area contributed by atoms with Crippen molar-refractivity contribution in [1.82, 2.24) is 0 Å². The van der Waals surface area contributed by atoms with Gasteiger partial charge in [0.05, 0.1) is 19.2 Å². The van der Waals surface area contributed by atoms with Crippen LogP contribution in [0.3, 0.4) is 0 Å². The van der Waals surface area contributed by atoms with Gasteiger partial charge in [-0.3, -0.25) is 9.59 Å². The number of methoxy groups -OCH3 is 1. The average Bonchev–Trinajstić information content (AvgIpc) is 2.82. The molecule has 0 unspecified atom stereocenters. The van der Waals surface area contributed by atoms with Gasteiger partial charge in [-0.25, -0.2) is 0 Å². The number of amides is 1. The number of carbonyl (C=O) groups is 2. The zero-order valence-corrected chi connectivity index (χ0v) is 14.7. The van der Waals surface area contributed by atoms with E-state index in [4.69, 9.17) is 16.3 Å². The zero-order valence-electron chi connectivity index (χ0n) is 14.0. The number of Topliss-reactive ketones (excluding diaryl/α,β-unsaturated/α-hetero) is 1. The highest BCUT2D eigenvalue weighted by atomic mass is 35.5. The van der Waals surface area contributed by atoms with Crippen LogP contribution in [-0.4, -0.2) is 30.5 Å². The van der Waals surface area contributed by atoms with Crippen molar-refractivity contribution >= 4 is 29.0 Å². The molecule has 6 heteroatoms. The second-order valence-corrected chi connectivity index (χ2v) is 6.34. The van der Waals surface area contributed by atoms with Crippen molar-refractivity contribution < 1.29 is 19.4 Å². The summed E-state index contributed by atoms with van der Waals surface area (Å²) in [5, 5.41) is 11.5. The molecular weight excluding hydrogens is 342 g/mol. The van der Waals surface area contributed by atoms with Gasteiger partial charge in [-0.05, 0) is 49.4 Å². The Balaban J connectivity index is 1.96. The maximum Gasteiger partial charge on any atom is 0.264 e. The summed E-state index contributed by atoms with van der Waals surface area (Å²) in [5.74, 6) is -0.210. The molecule has 25 heavy (non-hydrogen) atoms. The van der Waals surface area contributed by atoms with Crippen LogP contribution in [0.1, 0.15) is 29.3 Å². The zero-order chi connectivity index (χ0) is 18.2. The number of likely N-dealkylation sites (N-methyl/N-ethyl adjacent to an activating group) is 1. The number of ketones is 1. The molecule has 130 valence electrons. The summed E-state index contributed by atoms with van der Waals surface area (Å²) in [7, 11) is 1.54. The molecule has 0 bridgehead atoms. The maximum absolute atomic E-state index is 12.8. The monoisotopic (exact) mass is 359 g/mol. The molecule has 1 aliphatic rings. The summed E-state index contributed by atoms with van der Waals surface area (Å²) in [4.78, 5) is 26.9. The first-order valence-corrected chi connectivity index (χ1v) is 8.30. The topological polar surface area (TPSA) is 66.8 Å². The number of carbonyl (C=O) groups excluding carboxylic acids is 2. The molecule has 0 fully saturated rings. The van der Waals surface area contributed by atoms with Gasteiger partial charge >= 0.3 is 0 Å². The highest BCUT2D eigenvalue weighted by Crippen LogP contribution is 2.43. The molecule has 0 saturated heterocycles. The van der Waals surface area contributed by atoms with Crippen molar-refractivity contribution in [1.29, 1.82) is 0 Å². The maximum atomic E-state index is 12.8. The molecule has 1 atom stereocenters. The van der Waals surface area contributed by atoms with E-state index in [9.17, 15) is 14.7 Å². The molecule has 2 aromatic carbocycles. The minimum atomic E-state index is -1.91. The molecule has 3 rings (SSSR count). The third-order valence-corrected chi connectivity index (χ3v) is 4.67. The number of hydrogen-bond donors (Lipinski definition) is 1. The second-order valence-electron chi connectivity index (χ2n) is 5.90. The highest BCUT2D eigenvalue weighted by molar-refractivity contribution is 6.31. The third kappa shape index (κ3) is 2.90. The van der Waals surface area contributed by atoms with E-state index in [1.165, 1.54) is 12.0 Å². The Morgan fingerprint density at radius 2 is 1.92 bits per heavy atom. The Kier molecular flexibility index (Phi) is 4.54. The number of nitrogens with zero attached hydrogens (tertiary/aromatic N) is 1. The summed E-state index contributed by atoms with van der Waals surface area (Å²) in [6.07, 6.45) is -0.345. The normalized spacial score (nSPS) is 19.0. The van der Waals surface area contributed by atoms with E-state index in [0.29, 0.717) is 34.1 Å². The molecule has 1 N–H and O–H groups in total. The lowest BCUT2D eigenvalue weighted by atomic mass is 9.88. The molecule has 5 nitrogen and oxygen atoms in total. The van der Waals surface area contributed by atoms with Crippen molar-refractivity contribution in [2.24, 2.45) is 0 Å². The lowest BCUT2D eigenvalue weighted by molar-refractivity contribution is -0.135. The fraction of sp³-hybridized carbons (Fsp3) is 0.263. The summed E-state index contributed by atoms with van der Waals surface area (Å²) < 4.78 is 5.07. The summed E-state index contributed by atoms with van der Waals surface area (Å²) >= 11 is 6.04. The Labute approximate surface area is 150 Å². The van der Waals surface area contributed by atoms with Crippen LogP contribution < -0.4 is 9.64 Å². The van der Waals surface area contributed by atoms with E-state index in [1.807, 2.05) is 6.92 Å². The molecule has 1 aliphatic heterocycles. The molecule has 0 spiro atoms. The van der Waals surface area contributed by atoms with Gasteiger partial charge in [0, 0.05) is 22.7 Å². The van der Waals surface area contributed by atoms with Crippen molar-refractivity contribution in [3.8, 4) is 5.75 Å². The largest absolute Gasteiger partial charge is 0.497 e. The number of ether oxygens (including phenoxy) is 1. The van der Waals surface area contributed by atoms with E-state index >= 15 is 0 Å². The molecular formula is C19H18ClNO4. The van der Waals surface area contributed by atoms with Crippen LogP contribution in [0.25, 0.3) is 0 Å². The van der Waals surface area contributed by atoms with Gasteiger partial charge in [0.15, 0.2) is 11.4 Å². The van der Waals surface area contributed by atoms with E-state index in [-0.39, 0.29) is 12.2 Å². The third-order valence-electron chi connectivity index (χ3n) is 4.44. The SMILES string of the molecule is CCN1C(=O)[C@@](O)(CC(=O)c2ccc(OC)cc2)c2cc(Cl)ccc21. The van der Waals surface area contributed by atoms with Crippen molar-refractivity contribution in [2.75, 3.05) is 18.6 Å². The summed E-state index contributed by atoms with van der Waals surface area (Å²) in [5.41, 5.74) is -0.552. The molecule has 2 aromatic rings. The molecule has 0 saturated carbocycles. The molecule has 0 aliphatic carbocycles. The van der Waals surface area contributed by atoms with E-state index in [0.717, 1.165) is 0 Å². The summed E-state index contributed by atoms with van der Waals surface area (Å²) in [6.45, 7) is 2.21. The lowest BCUT2D eigenvalue weighted by Gasteiger charge is -2.22.